The van der Waals surface area contributed by atoms with Crippen LogP contribution in [0.5, 0.6) is 0 Å². The predicted molar refractivity (Wildman–Crippen MR) is 277 cm³/mol. The second-order valence-electron chi connectivity index (χ2n) is 31.1. The Morgan fingerprint density at radius 3 is 1.26 bits per heavy atom. The van der Waals surface area contributed by atoms with E-state index in [-0.39, 0.29) is 109 Å². The van der Waals surface area contributed by atoms with Crippen LogP contribution >= 0.6 is 0 Å². The van der Waals surface area contributed by atoms with Gasteiger partial charge in [-0.2, -0.15) is 0 Å². The fraction of sp³-hybridized carbons (Fsp3) is 0.873. The molecular formula is C63H98O6V. The van der Waals surface area contributed by atoms with Crippen LogP contribution in [0.4, 0.5) is 0 Å². The molecule has 0 spiro atoms. The SMILES string of the molecule is C[C@H]1CC[C@]2(C)[C@H]3C(=O)C=C4[C@@H]5CC(C)(C)CC[C@]5(C(=O)CO)CC[C@@]4(C)[C@]3(C)CC[C@H]2C1(C)C.C[C@H]1CC[C@]2(C)[C@H]3C(=O)C=C4[C@@H]5CC(C)(C)CC[C@]5(C(=O)O)CC[C@@]4(C)[C@]3(C)CC[C@H]2C1(C)C.[V]. The van der Waals surface area contributed by atoms with Crippen molar-refractivity contribution in [3.8, 4) is 0 Å². The first-order chi connectivity index (χ1) is 31.6. The topological polar surface area (TPSA) is 109 Å². The van der Waals surface area contributed by atoms with Gasteiger partial charge in [-0.05, 0) is 217 Å². The molecule has 8 saturated carbocycles. The number of hydrogen-bond acceptors (Lipinski definition) is 5. The van der Waals surface area contributed by atoms with Crippen molar-refractivity contribution < 1.29 is 47.9 Å². The Bertz CT molecular complexity index is 2250. The number of Topliss-reactive ketones (excluding diaryl/α,β-unsaturated/α-hetero) is 1. The minimum Gasteiger partial charge on any atom is -0.481 e. The van der Waals surface area contributed by atoms with E-state index >= 15 is 0 Å². The molecular weight excluding hydrogens is 904 g/mol. The molecule has 0 bridgehead atoms. The van der Waals surface area contributed by atoms with Gasteiger partial charge in [0.15, 0.2) is 17.3 Å². The Labute approximate surface area is 437 Å². The molecule has 70 heavy (non-hydrogen) atoms. The molecule has 2 N–H and O–H groups in total. The van der Waals surface area contributed by atoms with E-state index in [0.717, 1.165) is 89.9 Å². The van der Waals surface area contributed by atoms with Crippen molar-refractivity contribution in [3.63, 3.8) is 0 Å². The minimum atomic E-state index is -0.687. The molecule has 0 amide bonds. The standard InChI is InChI=1S/C32H50O3.C31H48O3.V/c1-20-9-11-29(6)24(28(20,4)5)10-12-31(8)26(29)23(34)17-21-22-18-27(2,3)13-15-32(22,25(35)19-33)16-14-30(21,31)7;1-19-9-11-28(6)23(27(19,4)5)10-12-30(8)24(28)22(32)17-20-21-18-26(2,3)13-15-31(21,25(33)34)16-14-29(20,30)7;/h17,20,22,24,26,33H,9-16,18-19H2,1-8H3;17,19,21,23-24H,9-16,18H2,1-8H3,(H,33,34);/t20-,22-,24-,26+,29-,30+,31+,32-;19-,21-,23-,24+,28-,29+,30+,31-;/m00./s1. The van der Waals surface area contributed by atoms with E-state index in [9.17, 15) is 29.4 Å². The molecule has 10 aliphatic carbocycles. The van der Waals surface area contributed by atoms with Gasteiger partial charge in [-0.15, -0.1) is 0 Å². The summed E-state index contributed by atoms with van der Waals surface area (Å²) in [5, 5.41) is 20.5. The van der Waals surface area contributed by atoms with Crippen molar-refractivity contribution in [2.75, 3.05) is 6.61 Å². The van der Waals surface area contributed by atoms with Gasteiger partial charge >= 0.3 is 5.97 Å². The van der Waals surface area contributed by atoms with Crippen LogP contribution in [-0.4, -0.2) is 40.1 Å². The average molecular weight is 1000 g/mol. The summed E-state index contributed by atoms with van der Waals surface area (Å²) in [6, 6.07) is 0. The Kier molecular flexibility index (Phi) is 13.1. The molecule has 10 aliphatic rings. The fourth-order valence-corrected chi connectivity index (χ4v) is 21.5. The number of carboxylic acids is 1. The van der Waals surface area contributed by atoms with Crippen LogP contribution in [0, 0.1) is 112 Å². The van der Waals surface area contributed by atoms with Gasteiger partial charge in [-0.3, -0.25) is 19.2 Å². The Morgan fingerprint density at radius 2 is 0.871 bits per heavy atom. The summed E-state index contributed by atoms with van der Waals surface area (Å²) in [6.07, 6.45) is 22.2. The zero-order chi connectivity index (χ0) is 50.9. The first-order valence-electron chi connectivity index (χ1n) is 28.5. The van der Waals surface area contributed by atoms with Gasteiger partial charge in [0.05, 0.1) is 5.41 Å². The van der Waals surface area contributed by atoms with E-state index < -0.39 is 16.8 Å². The number of rotatable bonds is 3. The third-order valence-corrected chi connectivity index (χ3v) is 27.0. The number of carbonyl (C=O) groups is 4. The number of carboxylic acid groups (broad SMARTS) is 1. The summed E-state index contributed by atoms with van der Waals surface area (Å²) >= 11 is 0. The third kappa shape index (κ3) is 7.10. The summed E-state index contributed by atoms with van der Waals surface area (Å²) in [5.41, 5.74) is 1.81. The van der Waals surface area contributed by atoms with E-state index in [0.29, 0.717) is 35.2 Å². The maximum absolute atomic E-state index is 14.4. The zero-order valence-corrected chi connectivity index (χ0v) is 48.6. The van der Waals surface area contributed by atoms with Crippen LogP contribution in [0.2, 0.25) is 0 Å². The Hall–Kier alpha value is -1.50. The molecule has 0 aliphatic heterocycles. The molecule has 0 aromatic heterocycles. The van der Waals surface area contributed by atoms with Gasteiger partial charge in [0.2, 0.25) is 0 Å². The van der Waals surface area contributed by atoms with Crippen LogP contribution in [0.15, 0.2) is 23.3 Å². The summed E-state index contributed by atoms with van der Waals surface area (Å²) in [5.74, 6) is 2.74. The first-order valence-corrected chi connectivity index (χ1v) is 28.5. The molecule has 8 fully saturated rings. The van der Waals surface area contributed by atoms with Crippen molar-refractivity contribution in [1.29, 1.82) is 0 Å². The van der Waals surface area contributed by atoms with Crippen molar-refractivity contribution in [3.05, 3.63) is 23.3 Å². The van der Waals surface area contributed by atoms with Crippen LogP contribution < -0.4 is 0 Å². The number of ketones is 3. The second kappa shape index (κ2) is 16.8. The average Bonchev–Trinajstić information content (AvgIpc) is 3.24. The van der Waals surface area contributed by atoms with Crippen LogP contribution in [0.1, 0.15) is 226 Å². The molecule has 6 nitrogen and oxygen atoms in total. The fourth-order valence-electron chi connectivity index (χ4n) is 21.5. The quantitative estimate of drug-likeness (QED) is 0.292. The van der Waals surface area contributed by atoms with Crippen LogP contribution in [-0.2, 0) is 37.7 Å². The molecule has 0 heterocycles. The summed E-state index contributed by atoms with van der Waals surface area (Å²) in [4.78, 5) is 54.7. The number of aliphatic hydroxyl groups is 1. The van der Waals surface area contributed by atoms with Crippen LogP contribution in [0.25, 0.3) is 0 Å². The maximum atomic E-state index is 14.4. The maximum Gasteiger partial charge on any atom is 0.310 e. The molecule has 391 valence electrons. The minimum absolute atomic E-state index is 0. The van der Waals surface area contributed by atoms with Gasteiger partial charge in [0.25, 0.3) is 0 Å². The van der Waals surface area contributed by atoms with Gasteiger partial charge in [-0.25, -0.2) is 0 Å². The Morgan fingerprint density at radius 1 is 0.514 bits per heavy atom. The van der Waals surface area contributed by atoms with Crippen molar-refractivity contribution >= 4 is 23.3 Å². The van der Waals surface area contributed by atoms with Crippen molar-refractivity contribution in [2.45, 2.75) is 226 Å². The number of fused-ring (bicyclic) bond motifs is 14. The monoisotopic (exact) mass is 1000 g/mol. The van der Waals surface area contributed by atoms with Gasteiger partial charge in [0.1, 0.15) is 6.61 Å². The molecule has 0 aromatic carbocycles. The number of hydrogen-bond donors (Lipinski definition) is 2. The largest absolute Gasteiger partial charge is 0.481 e. The summed E-state index contributed by atoms with van der Waals surface area (Å²) < 4.78 is 0. The summed E-state index contributed by atoms with van der Waals surface area (Å²) in [7, 11) is 0. The molecule has 0 unspecified atom stereocenters. The van der Waals surface area contributed by atoms with E-state index in [1.807, 2.05) is 6.08 Å². The molecule has 10 rings (SSSR count). The molecule has 7 heteroatoms. The number of allylic oxidation sites excluding steroid dienone is 4. The van der Waals surface area contributed by atoms with Gasteiger partial charge < -0.3 is 10.2 Å². The molecule has 0 aromatic rings. The number of carbonyl (C=O) groups excluding carboxylic acids is 3. The molecule has 0 saturated heterocycles. The normalized spacial score (nSPS) is 50.0. The van der Waals surface area contributed by atoms with E-state index in [2.05, 4.69) is 117 Å². The zero-order valence-electron chi connectivity index (χ0n) is 47.2. The first kappa shape index (κ1) is 54.8. The Balaban J connectivity index is 0.000000186. The smallest absolute Gasteiger partial charge is 0.310 e. The van der Waals surface area contributed by atoms with Gasteiger partial charge in [-0.1, -0.05) is 122 Å². The third-order valence-electron chi connectivity index (χ3n) is 27.0. The van der Waals surface area contributed by atoms with Crippen molar-refractivity contribution in [2.24, 2.45) is 112 Å². The van der Waals surface area contributed by atoms with E-state index in [1.165, 1.54) is 36.8 Å². The van der Waals surface area contributed by atoms with Crippen LogP contribution in [0.3, 0.4) is 0 Å². The van der Waals surface area contributed by atoms with E-state index in [1.54, 1.807) is 0 Å². The summed E-state index contributed by atoms with van der Waals surface area (Å²) in [6.45, 7) is 38.1. The van der Waals surface area contributed by atoms with Crippen molar-refractivity contribution in [1.82, 2.24) is 0 Å². The van der Waals surface area contributed by atoms with E-state index in [4.69, 9.17) is 0 Å². The number of aliphatic hydroxyl groups excluding tert-OH is 1. The number of aliphatic carboxylic acids is 1. The van der Waals surface area contributed by atoms with Gasteiger partial charge in [0, 0.05) is 35.8 Å². The molecule has 1 radical (unpaired) electrons. The second-order valence-corrected chi connectivity index (χ2v) is 31.1. The predicted octanol–water partition coefficient (Wildman–Crippen LogP) is 14.8. The molecule has 16 atom stereocenters.